The van der Waals surface area contributed by atoms with E-state index < -0.39 is 43.4 Å². The quantitative estimate of drug-likeness (QED) is 0.351. The van der Waals surface area contributed by atoms with Crippen LogP contribution in [0.25, 0.3) is 0 Å². The summed E-state index contributed by atoms with van der Waals surface area (Å²) in [6.45, 7) is -0.0975. The van der Waals surface area contributed by atoms with Crippen LogP contribution in [-0.2, 0) is 24.8 Å². The summed E-state index contributed by atoms with van der Waals surface area (Å²) < 4.78 is 27.1. The smallest absolute Gasteiger partial charge is 0.243 e. The molecular formula is C25H27Cl2N3O4S2. The van der Waals surface area contributed by atoms with Gasteiger partial charge in [-0.3, -0.25) is 9.59 Å². The molecule has 1 heterocycles. The Morgan fingerprint density at radius 1 is 1.06 bits per heavy atom. The van der Waals surface area contributed by atoms with Crippen molar-refractivity contribution in [3.63, 3.8) is 0 Å². The Labute approximate surface area is 226 Å². The molecule has 7 nitrogen and oxygen atoms in total. The molecule has 36 heavy (non-hydrogen) atoms. The number of nitrogens with one attached hydrogen (secondary N) is 1. The number of likely N-dealkylation sites (tertiary alicyclic amines) is 1. The van der Waals surface area contributed by atoms with E-state index in [0.29, 0.717) is 30.7 Å². The molecule has 1 saturated heterocycles. The fourth-order valence-corrected chi connectivity index (χ4v) is 7.77. The largest absolute Gasteiger partial charge is 0.346 e. The summed E-state index contributed by atoms with van der Waals surface area (Å²) in [5.74, 6) is -0.657. The van der Waals surface area contributed by atoms with Crippen molar-refractivity contribution < 1.29 is 18.0 Å². The molecule has 3 N–H and O–H groups in total. The number of hydrogen-bond donors (Lipinski definition) is 3. The van der Waals surface area contributed by atoms with Crippen LogP contribution < -0.4 is 11.1 Å². The molecule has 2 aliphatic carbocycles. The Kier molecular flexibility index (Phi) is 6.61. The van der Waals surface area contributed by atoms with Crippen molar-refractivity contribution in [1.82, 2.24) is 10.2 Å². The molecular weight excluding hydrogens is 541 g/mol. The first-order valence-corrected chi connectivity index (χ1v) is 14.6. The van der Waals surface area contributed by atoms with E-state index in [4.69, 9.17) is 28.9 Å². The van der Waals surface area contributed by atoms with Gasteiger partial charge in [0.05, 0.1) is 31.5 Å². The zero-order chi connectivity index (χ0) is 25.9. The van der Waals surface area contributed by atoms with Gasteiger partial charge in [-0.15, -0.1) is 0 Å². The van der Waals surface area contributed by atoms with Gasteiger partial charge in [-0.2, -0.15) is 12.6 Å². The summed E-state index contributed by atoms with van der Waals surface area (Å²) in [6, 6.07) is 12.4. The number of hydrogen-bond acceptors (Lipinski definition) is 6. The van der Waals surface area contributed by atoms with Crippen LogP contribution in [0, 0.1) is 0 Å². The summed E-state index contributed by atoms with van der Waals surface area (Å²) in [7, 11) is -3.91. The van der Waals surface area contributed by atoms with Gasteiger partial charge >= 0.3 is 0 Å². The lowest BCUT2D eigenvalue weighted by Crippen LogP contribution is -2.55. The van der Waals surface area contributed by atoms with Crippen molar-refractivity contribution in [3.05, 3.63) is 64.1 Å². The summed E-state index contributed by atoms with van der Waals surface area (Å²) in [5.41, 5.74) is 5.36. The van der Waals surface area contributed by atoms with Gasteiger partial charge < -0.3 is 16.0 Å². The first-order valence-electron chi connectivity index (χ1n) is 11.8. The highest BCUT2D eigenvalue weighted by molar-refractivity contribution is 7.92. The molecule has 2 aromatic carbocycles. The molecule has 2 saturated carbocycles. The average molecular weight is 569 g/mol. The van der Waals surface area contributed by atoms with E-state index in [2.05, 4.69) is 17.9 Å². The van der Waals surface area contributed by atoms with Crippen molar-refractivity contribution in [2.24, 2.45) is 5.73 Å². The zero-order valence-electron chi connectivity index (χ0n) is 19.4. The van der Waals surface area contributed by atoms with Crippen LogP contribution in [0.15, 0.2) is 53.4 Å². The SMILES string of the molecule is NC(S)C1(NC(=O)[C@@H]2C[C@@H](S(=O)(=O)c3ccccc3Cl)CN2C(=O)C2(c3ccc(Cl)cc3)CC2)CC1. The van der Waals surface area contributed by atoms with Gasteiger partial charge in [-0.1, -0.05) is 47.5 Å². The Morgan fingerprint density at radius 2 is 1.69 bits per heavy atom. The maximum absolute atomic E-state index is 14.0. The Balaban J connectivity index is 1.47. The van der Waals surface area contributed by atoms with Crippen LogP contribution >= 0.6 is 35.8 Å². The molecule has 2 aromatic rings. The number of sulfone groups is 1. The molecule has 5 rings (SSSR count). The number of rotatable bonds is 7. The third kappa shape index (κ3) is 4.43. The van der Waals surface area contributed by atoms with Gasteiger partial charge in [-0.05, 0) is 61.9 Å². The van der Waals surface area contributed by atoms with E-state index in [-0.39, 0.29) is 28.8 Å². The average Bonchev–Trinajstić information content (AvgIpc) is 3.76. The fourth-order valence-electron chi connectivity index (χ4n) is 5.10. The van der Waals surface area contributed by atoms with E-state index in [1.54, 1.807) is 24.3 Å². The number of halogens is 2. The summed E-state index contributed by atoms with van der Waals surface area (Å²) in [4.78, 5) is 28.9. The Morgan fingerprint density at radius 3 is 2.25 bits per heavy atom. The number of nitrogens with zero attached hydrogens (tertiary/aromatic N) is 1. The van der Waals surface area contributed by atoms with E-state index in [1.165, 1.54) is 17.0 Å². The van der Waals surface area contributed by atoms with Gasteiger partial charge in [0.2, 0.25) is 11.8 Å². The number of benzene rings is 2. The maximum Gasteiger partial charge on any atom is 0.243 e. The van der Waals surface area contributed by atoms with Crippen LogP contribution in [0.2, 0.25) is 10.0 Å². The molecule has 3 atom stereocenters. The molecule has 0 bridgehead atoms. The van der Waals surface area contributed by atoms with E-state index >= 15 is 0 Å². The number of amides is 2. The highest BCUT2D eigenvalue weighted by atomic mass is 35.5. The number of thiol groups is 1. The molecule has 0 radical (unpaired) electrons. The second-order valence-electron chi connectivity index (χ2n) is 9.99. The molecule has 192 valence electrons. The monoisotopic (exact) mass is 567 g/mol. The Bertz CT molecular complexity index is 1310. The highest BCUT2D eigenvalue weighted by Gasteiger charge is 2.58. The molecule has 2 amide bonds. The highest BCUT2D eigenvalue weighted by Crippen LogP contribution is 2.51. The third-order valence-electron chi connectivity index (χ3n) is 7.69. The zero-order valence-corrected chi connectivity index (χ0v) is 22.6. The topological polar surface area (TPSA) is 110 Å². The molecule has 11 heteroatoms. The van der Waals surface area contributed by atoms with E-state index in [1.807, 2.05) is 12.1 Å². The maximum atomic E-state index is 14.0. The van der Waals surface area contributed by atoms with Crippen molar-refractivity contribution in [1.29, 1.82) is 0 Å². The molecule has 0 spiro atoms. The Hall–Kier alpha value is -1.78. The third-order valence-corrected chi connectivity index (χ3v) is 11.1. The van der Waals surface area contributed by atoms with E-state index in [9.17, 15) is 18.0 Å². The molecule has 0 aromatic heterocycles. The van der Waals surface area contributed by atoms with Crippen LogP contribution in [0.5, 0.6) is 0 Å². The second-order valence-corrected chi connectivity index (χ2v) is 13.6. The summed E-state index contributed by atoms with van der Waals surface area (Å²) >= 11 is 16.6. The molecule has 3 fully saturated rings. The van der Waals surface area contributed by atoms with Gasteiger partial charge in [0.1, 0.15) is 6.04 Å². The summed E-state index contributed by atoms with van der Waals surface area (Å²) in [6.07, 6.45) is 2.57. The lowest BCUT2D eigenvalue weighted by molar-refractivity contribution is -0.140. The van der Waals surface area contributed by atoms with Crippen molar-refractivity contribution in [2.45, 2.75) is 64.6 Å². The minimum absolute atomic E-state index is 0.00000358. The standard InChI is InChI=1S/C25H27Cl2N3O4S2/c26-16-7-5-15(6-8-16)24(9-10-24)23(32)30-14-17(36(33,34)20-4-2-1-3-18(20)27)13-19(30)21(31)29-25(11-12-25)22(28)35/h1-8,17,19,22,35H,9-14,28H2,(H,29,31)/t17-,19+,22?/m1/s1. The molecule has 3 aliphatic rings. The fraction of sp³-hybridized carbons (Fsp3) is 0.440. The minimum atomic E-state index is -3.91. The lowest BCUT2D eigenvalue weighted by Gasteiger charge is -2.30. The van der Waals surface area contributed by atoms with Crippen LogP contribution in [0.4, 0.5) is 0 Å². The number of carbonyl (C=O) groups is 2. The molecule has 1 unspecified atom stereocenters. The molecule has 1 aliphatic heterocycles. The van der Waals surface area contributed by atoms with Crippen LogP contribution in [0.3, 0.4) is 0 Å². The second kappa shape index (κ2) is 9.20. The van der Waals surface area contributed by atoms with Gasteiger partial charge in [0, 0.05) is 11.6 Å². The normalized spacial score (nSPS) is 24.7. The summed E-state index contributed by atoms with van der Waals surface area (Å²) in [5, 5.41) is 2.10. The van der Waals surface area contributed by atoms with Gasteiger partial charge in [-0.25, -0.2) is 8.42 Å². The van der Waals surface area contributed by atoms with Crippen molar-refractivity contribution >= 4 is 57.5 Å². The van der Waals surface area contributed by atoms with Crippen molar-refractivity contribution in [2.75, 3.05) is 6.54 Å². The van der Waals surface area contributed by atoms with Gasteiger partial charge in [0.25, 0.3) is 0 Å². The predicted molar refractivity (Wildman–Crippen MR) is 142 cm³/mol. The first-order chi connectivity index (χ1) is 17.0. The lowest BCUT2D eigenvalue weighted by atomic mass is 9.94. The van der Waals surface area contributed by atoms with Crippen molar-refractivity contribution in [3.8, 4) is 0 Å². The predicted octanol–water partition coefficient (Wildman–Crippen LogP) is 3.33. The van der Waals surface area contributed by atoms with Gasteiger partial charge in [0.15, 0.2) is 9.84 Å². The first kappa shape index (κ1) is 25.9. The minimum Gasteiger partial charge on any atom is -0.346 e. The van der Waals surface area contributed by atoms with Crippen LogP contribution in [0.1, 0.15) is 37.7 Å². The van der Waals surface area contributed by atoms with E-state index in [0.717, 1.165) is 5.56 Å². The van der Waals surface area contributed by atoms with Crippen LogP contribution in [-0.4, -0.2) is 53.9 Å². The number of nitrogens with two attached hydrogens (primary N) is 1. The number of carbonyl (C=O) groups excluding carboxylic acids is 2.